The molecule has 1 saturated heterocycles. The highest BCUT2D eigenvalue weighted by Gasteiger charge is 2.19. The van der Waals surface area contributed by atoms with Crippen LogP contribution in [0.4, 0.5) is 10.5 Å². The highest BCUT2D eigenvalue weighted by atomic mass is 16.5. The molecule has 1 fully saturated rings. The van der Waals surface area contributed by atoms with E-state index in [4.69, 9.17) is 9.47 Å². The van der Waals surface area contributed by atoms with Crippen LogP contribution in [0.2, 0.25) is 0 Å². The molecule has 1 aromatic carbocycles. The predicted octanol–water partition coefficient (Wildman–Crippen LogP) is 1.98. The normalized spacial score (nSPS) is 14.4. The maximum Gasteiger partial charge on any atom is 0.326 e. The lowest BCUT2D eigenvalue weighted by Crippen LogP contribution is -3.14. The van der Waals surface area contributed by atoms with Crippen LogP contribution >= 0.6 is 0 Å². The number of nitrogens with one attached hydrogen (secondary N) is 3. The van der Waals surface area contributed by atoms with Gasteiger partial charge in [0.15, 0.2) is 18.0 Å². The van der Waals surface area contributed by atoms with Crippen LogP contribution in [-0.2, 0) is 4.79 Å². The van der Waals surface area contributed by atoms with E-state index >= 15 is 0 Å². The zero-order valence-electron chi connectivity index (χ0n) is 16.4. The number of carbonyl (C=O) groups excluding carboxylic acids is 2. The number of amides is 3. The van der Waals surface area contributed by atoms with E-state index in [0.717, 1.165) is 38.8 Å². The second-order valence-corrected chi connectivity index (χ2v) is 6.85. The SMILES string of the molecule is CCCOc1ccc(NC(=O)NC(=O)C[NH+]2CCCCC2)cc1OCCC. The Hall–Kier alpha value is -2.28. The quantitative estimate of drug-likeness (QED) is 0.614. The molecule has 2 rings (SSSR count). The van der Waals surface area contributed by atoms with Gasteiger partial charge in [-0.15, -0.1) is 0 Å². The van der Waals surface area contributed by atoms with Gasteiger partial charge in [-0.1, -0.05) is 13.8 Å². The molecule has 7 nitrogen and oxygen atoms in total. The molecular formula is C20H32N3O4+. The number of quaternary nitrogens is 1. The third kappa shape index (κ3) is 7.46. The summed E-state index contributed by atoms with van der Waals surface area (Å²) < 4.78 is 11.4. The van der Waals surface area contributed by atoms with E-state index in [2.05, 4.69) is 10.6 Å². The predicted molar refractivity (Wildman–Crippen MR) is 105 cm³/mol. The highest BCUT2D eigenvalue weighted by Crippen LogP contribution is 2.30. The smallest absolute Gasteiger partial charge is 0.326 e. The molecule has 0 aromatic heterocycles. The first-order valence-electron chi connectivity index (χ1n) is 9.96. The van der Waals surface area contributed by atoms with E-state index in [-0.39, 0.29) is 5.91 Å². The zero-order valence-corrected chi connectivity index (χ0v) is 16.4. The van der Waals surface area contributed by atoms with Crippen molar-refractivity contribution < 1.29 is 24.0 Å². The second-order valence-electron chi connectivity index (χ2n) is 6.85. The molecule has 0 atom stereocenters. The molecule has 0 radical (unpaired) electrons. The molecule has 0 unspecified atom stereocenters. The van der Waals surface area contributed by atoms with Crippen LogP contribution in [-0.4, -0.2) is 44.8 Å². The highest BCUT2D eigenvalue weighted by molar-refractivity contribution is 6.01. The Morgan fingerprint density at radius 1 is 1.00 bits per heavy atom. The van der Waals surface area contributed by atoms with Crippen molar-refractivity contribution >= 4 is 17.6 Å². The average Bonchev–Trinajstić information content (AvgIpc) is 2.66. The summed E-state index contributed by atoms with van der Waals surface area (Å²) in [7, 11) is 0. The minimum Gasteiger partial charge on any atom is -0.490 e. The van der Waals surface area contributed by atoms with Crippen molar-refractivity contribution in [3.8, 4) is 11.5 Å². The standard InChI is InChI=1S/C20H31N3O4/c1-3-12-26-17-9-8-16(14-18(17)27-13-4-2)21-20(25)22-19(24)15-23-10-6-5-7-11-23/h8-9,14H,3-7,10-13,15H2,1-2H3,(H2,21,22,24,25)/p+1. The molecule has 1 aliphatic heterocycles. The Bertz CT molecular complexity index is 615. The fraction of sp³-hybridized carbons (Fsp3) is 0.600. The summed E-state index contributed by atoms with van der Waals surface area (Å²) in [4.78, 5) is 25.4. The van der Waals surface area contributed by atoms with E-state index in [9.17, 15) is 9.59 Å². The van der Waals surface area contributed by atoms with Gasteiger partial charge >= 0.3 is 6.03 Å². The largest absolute Gasteiger partial charge is 0.490 e. The number of imide groups is 1. The monoisotopic (exact) mass is 378 g/mol. The fourth-order valence-electron chi connectivity index (χ4n) is 3.03. The van der Waals surface area contributed by atoms with Gasteiger partial charge in [0.1, 0.15) is 0 Å². The molecule has 0 bridgehead atoms. The molecule has 3 amide bonds. The Morgan fingerprint density at radius 2 is 1.67 bits per heavy atom. The summed E-state index contributed by atoms with van der Waals surface area (Å²) in [5.41, 5.74) is 0.556. The van der Waals surface area contributed by atoms with Gasteiger partial charge < -0.3 is 19.7 Å². The van der Waals surface area contributed by atoms with Crippen molar-refractivity contribution in [3.05, 3.63) is 18.2 Å². The lowest BCUT2D eigenvalue weighted by atomic mass is 10.1. The lowest BCUT2D eigenvalue weighted by Gasteiger charge is -2.22. The molecule has 150 valence electrons. The topological polar surface area (TPSA) is 81.1 Å². The maximum absolute atomic E-state index is 12.1. The molecule has 7 heteroatoms. The summed E-state index contributed by atoms with van der Waals surface area (Å²) in [6.45, 7) is 7.55. The number of ether oxygens (including phenoxy) is 2. The van der Waals surface area contributed by atoms with Crippen LogP contribution in [0.1, 0.15) is 46.0 Å². The number of carbonyl (C=O) groups is 2. The van der Waals surface area contributed by atoms with Gasteiger partial charge in [-0.2, -0.15) is 0 Å². The van der Waals surface area contributed by atoms with Gasteiger partial charge in [-0.05, 0) is 44.2 Å². The van der Waals surface area contributed by atoms with E-state index in [1.165, 1.54) is 11.3 Å². The Labute approximate surface area is 161 Å². The minimum atomic E-state index is -0.528. The average molecular weight is 378 g/mol. The number of likely N-dealkylation sites (tertiary alicyclic amines) is 1. The first-order valence-corrected chi connectivity index (χ1v) is 9.96. The molecule has 1 aliphatic rings. The molecule has 1 aromatic rings. The summed E-state index contributed by atoms with van der Waals surface area (Å²) in [5, 5.41) is 5.10. The number of piperidine rings is 1. The van der Waals surface area contributed by atoms with Crippen molar-refractivity contribution in [2.24, 2.45) is 0 Å². The van der Waals surface area contributed by atoms with E-state index < -0.39 is 6.03 Å². The van der Waals surface area contributed by atoms with E-state index in [1.54, 1.807) is 18.2 Å². The van der Waals surface area contributed by atoms with Gasteiger partial charge in [-0.3, -0.25) is 10.1 Å². The van der Waals surface area contributed by atoms with Crippen LogP contribution in [0.25, 0.3) is 0 Å². The van der Waals surface area contributed by atoms with Crippen LogP contribution in [0.15, 0.2) is 18.2 Å². The van der Waals surface area contributed by atoms with Gasteiger partial charge in [0.2, 0.25) is 0 Å². The zero-order chi connectivity index (χ0) is 19.5. The van der Waals surface area contributed by atoms with Crippen molar-refractivity contribution in [3.63, 3.8) is 0 Å². The fourth-order valence-corrected chi connectivity index (χ4v) is 3.03. The van der Waals surface area contributed by atoms with Crippen molar-refractivity contribution in [2.45, 2.75) is 46.0 Å². The van der Waals surface area contributed by atoms with Gasteiger partial charge in [0.05, 0.1) is 26.3 Å². The van der Waals surface area contributed by atoms with Crippen LogP contribution in [0, 0.1) is 0 Å². The summed E-state index contributed by atoms with van der Waals surface area (Å²) >= 11 is 0. The molecule has 0 aliphatic carbocycles. The number of anilines is 1. The van der Waals surface area contributed by atoms with E-state index in [1.807, 2.05) is 13.8 Å². The molecule has 0 saturated carbocycles. The van der Waals surface area contributed by atoms with Gasteiger partial charge in [0.25, 0.3) is 5.91 Å². The third-order valence-electron chi connectivity index (χ3n) is 4.35. The Morgan fingerprint density at radius 3 is 2.33 bits per heavy atom. The van der Waals surface area contributed by atoms with Gasteiger partial charge in [-0.25, -0.2) is 4.79 Å². The summed E-state index contributed by atoms with van der Waals surface area (Å²) in [5.74, 6) is 0.989. The first kappa shape index (κ1) is 21.0. The van der Waals surface area contributed by atoms with Crippen LogP contribution in [0.5, 0.6) is 11.5 Å². The maximum atomic E-state index is 12.1. The minimum absolute atomic E-state index is 0.255. The number of rotatable bonds is 9. The first-order chi connectivity index (χ1) is 13.1. The summed E-state index contributed by atoms with van der Waals surface area (Å²) in [6, 6.07) is 4.71. The van der Waals surface area contributed by atoms with Crippen molar-refractivity contribution in [1.82, 2.24) is 5.32 Å². The third-order valence-corrected chi connectivity index (χ3v) is 4.35. The molecule has 27 heavy (non-hydrogen) atoms. The molecule has 0 spiro atoms. The lowest BCUT2D eigenvalue weighted by molar-refractivity contribution is -0.896. The summed E-state index contributed by atoms with van der Waals surface area (Å²) in [6.07, 6.45) is 5.28. The number of hydrogen-bond acceptors (Lipinski definition) is 4. The molecule has 3 N–H and O–H groups in total. The van der Waals surface area contributed by atoms with Crippen molar-refractivity contribution in [2.75, 3.05) is 38.2 Å². The van der Waals surface area contributed by atoms with Crippen molar-refractivity contribution in [1.29, 1.82) is 0 Å². The Balaban J connectivity index is 1.90. The Kier molecular flexibility index (Phi) is 8.91. The second kappa shape index (κ2) is 11.4. The molecular weight excluding hydrogens is 346 g/mol. The molecule has 1 heterocycles. The number of benzene rings is 1. The van der Waals surface area contributed by atoms with Crippen LogP contribution < -0.4 is 25.0 Å². The number of urea groups is 1. The number of hydrogen-bond donors (Lipinski definition) is 3. The van der Waals surface area contributed by atoms with Crippen LogP contribution in [0.3, 0.4) is 0 Å². The van der Waals surface area contributed by atoms with E-state index in [0.29, 0.717) is 36.9 Å². The van der Waals surface area contributed by atoms with Gasteiger partial charge in [0, 0.05) is 11.8 Å².